The van der Waals surface area contributed by atoms with Gasteiger partial charge in [0.15, 0.2) is 8.32 Å². The van der Waals surface area contributed by atoms with Crippen LogP contribution in [0.2, 0.25) is 37.3 Å². The SMILES string of the molecule is CC(C)(C)[Si](C)(C)OC1CC(=O)C(CO)[C@@H]1C[Si](C)(C)c1ccccc1. The van der Waals surface area contributed by atoms with Crippen molar-refractivity contribution in [3.05, 3.63) is 30.3 Å². The Bertz CT molecular complexity index is 620. The molecule has 0 radical (unpaired) electrons. The molecule has 1 N–H and O–H groups in total. The Kier molecular flexibility index (Phi) is 6.38. The van der Waals surface area contributed by atoms with Crippen molar-refractivity contribution in [2.45, 2.75) is 70.6 Å². The number of ketones is 1. The Hall–Kier alpha value is -0.756. The molecular weight excluding hydrogens is 356 g/mol. The number of aliphatic hydroxyl groups is 1. The maximum absolute atomic E-state index is 12.6. The van der Waals surface area contributed by atoms with Crippen molar-refractivity contribution in [3.63, 3.8) is 0 Å². The van der Waals surface area contributed by atoms with E-state index >= 15 is 0 Å². The van der Waals surface area contributed by atoms with Gasteiger partial charge in [0, 0.05) is 12.3 Å². The van der Waals surface area contributed by atoms with Gasteiger partial charge in [-0.1, -0.05) is 69.4 Å². The molecule has 26 heavy (non-hydrogen) atoms. The van der Waals surface area contributed by atoms with Crippen LogP contribution in [0.4, 0.5) is 0 Å². The van der Waals surface area contributed by atoms with Gasteiger partial charge >= 0.3 is 0 Å². The number of Topliss-reactive ketones (excluding diaryl/α,β-unsaturated/α-hetero) is 1. The fourth-order valence-corrected chi connectivity index (χ4v) is 8.22. The van der Waals surface area contributed by atoms with Crippen LogP contribution in [0, 0.1) is 11.8 Å². The lowest BCUT2D eigenvalue weighted by Gasteiger charge is -2.41. The lowest BCUT2D eigenvalue weighted by atomic mass is 9.97. The van der Waals surface area contributed by atoms with Crippen LogP contribution in [0.3, 0.4) is 0 Å². The molecule has 1 saturated carbocycles. The topological polar surface area (TPSA) is 46.5 Å². The van der Waals surface area contributed by atoms with Gasteiger partial charge in [0.25, 0.3) is 0 Å². The van der Waals surface area contributed by atoms with Gasteiger partial charge in [-0.3, -0.25) is 4.79 Å². The highest BCUT2D eigenvalue weighted by atomic mass is 28.4. The number of aliphatic hydroxyl groups excluding tert-OH is 1. The second-order valence-corrected chi connectivity index (χ2v) is 19.5. The van der Waals surface area contributed by atoms with E-state index in [9.17, 15) is 9.90 Å². The second kappa shape index (κ2) is 7.70. The molecule has 1 aliphatic carbocycles. The highest BCUT2D eigenvalue weighted by Gasteiger charge is 2.49. The van der Waals surface area contributed by atoms with Crippen LogP contribution in [-0.4, -0.2) is 40.0 Å². The first-order chi connectivity index (χ1) is 11.9. The zero-order chi connectivity index (χ0) is 19.8. The largest absolute Gasteiger partial charge is 0.413 e. The Labute approximate surface area is 161 Å². The predicted molar refractivity (Wildman–Crippen MR) is 114 cm³/mol. The number of rotatable bonds is 6. The van der Waals surface area contributed by atoms with Crippen LogP contribution in [0.15, 0.2) is 30.3 Å². The van der Waals surface area contributed by atoms with Gasteiger partial charge in [0.1, 0.15) is 5.78 Å². The number of hydrogen-bond donors (Lipinski definition) is 1. The molecule has 2 rings (SSSR count). The average molecular weight is 393 g/mol. The molecule has 146 valence electrons. The predicted octanol–water partition coefficient (Wildman–Crippen LogP) is 4.19. The molecule has 0 bridgehead atoms. The summed E-state index contributed by atoms with van der Waals surface area (Å²) >= 11 is 0. The Morgan fingerprint density at radius 3 is 2.19 bits per heavy atom. The minimum Gasteiger partial charge on any atom is -0.413 e. The van der Waals surface area contributed by atoms with E-state index in [0.717, 1.165) is 6.04 Å². The summed E-state index contributed by atoms with van der Waals surface area (Å²) in [5.74, 6) is 0.0443. The minimum absolute atomic E-state index is 0.0453. The summed E-state index contributed by atoms with van der Waals surface area (Å²) < 4.78 is 6.69. The Morgan fingerprint density at radius 1 is 1.12 bits per heavy atom. The fraction of sp³-hybridized carbons (Fsp3) is 0.667. The molecular formula is C21H36O3Si2. The van der Waals surface area contributed by atoms with Gasteiger partial charge in [-0.05, 0) is 30.1 Å². The lowest BCUT2D eigenvalue weighted by Crippen LogP contribution is -2.48. The fourth-order valence-electron chi connectivity index (χ4n) is 3.79. The van der Waals surface area contributed by atoms with Crippen molar-refractivity contribution >= 4 is 27.4 Å². The number of carbonyl (C=O) groups is 1. The van der Waals surface area contributed by atoms with Crippen molar-refractivity contribution in [1.29, 1.82) is 0 Å². The summed E-state index contributed by atoms with van der Waals surface area (Å²) in [5, 5.41) is 11.4. The molecule has 0 spiro atoms. The Balaban J connectivity index is 2.27. The third-order valence-electron chi connectivity index (χ3n) is 6.56. The molecule has 1 aromatic carbocycles. The molecule has 1 fully saturated rings. The van der Waals surface area contributed by atoms with Crippen LogP contribution >= 0.6 is 0 Å². The zero-order valence-electron chi connectivity index (χ0n) is 17.5. The second-order valence-electron chi connectivity index (χ2n) is 9.99. The third kappa shape index (κ3) is 4.56. The molecule has 0 saturated heterocycles. The first kappa shape index (κ1) is 21.5. The van der Waals surface area contributed by atoms with Gasteiger partial charge in [-0.25, -0.2) is 0 Å². The van der Waals surface area contributed by atoms with E-state index in [0.29, 0.717) is 6.42 Å². The van der Waals surface area contributed by atoms with Gasteiger partial charge in [-0.2, -0.15) is 0 Å². The molecule has 3 nitrogen and oxygen atoms in total. The van der Waals surface area contributed by atoms with Gasteiger partial charge in [-0.15, -0.1) is 0 Å². The van der Waals surface area contributed by atoms with E-state index in [1.54, 1.807) is 0 Å². The summed E-state index contributed by atoms with van der Waals surface area (Å²) in [6, 6.07) is 11.6. The maximum Gasteiger partial charge on any atom is 0.192 e. The van der Waals surface area contributed by atoms with Crippen LogP contribution in [0.1, 0.15) is 27.2 Å². The minimum atomic E-state index is -1.96. The highest BCUT2D eigenvalue weighted by molar-refractivity contribution is 6.89. The molecule has 0 aliphatic heterocycles. The normalized spacial score (nSPS) is 24.9. The molecule has 2 unspecified atom stereocenters. The molecule has 1 aliphatic rings. The monoisotopic (exact) mass is 392 g/mol. The third-order valence-corrected chi connectivity index (χ3v) is 14.5. The first-order valence-corrected chi connectivity index (χ1v) is 15.9. The van der Waals surface area contributed by atoms with Crippen LogP contribution in [-0.2, 0) is 9.22 Å². The van der Waals surface area contributed by atoms with Gasteiger partial charge in [0.2, 0.25) is 0 Å². The van der Waals surface area contributed by atoms with Crippen molar-refractivity contribution in [2.75, 3.05) is 6.61 Å². The summed E-state index contributed by atoms with van der Waals surface area (Å²) in [4.78, 5) is 12.6. The maximum atomic E-state index is 12.6. The van der Waals surface area contributed by atoms with E-state index in [-0.39, 0.29) is 35.4 Å². The van der Waals surface area contributed by atoms with E-state index in [1.165, 1.54) is 5.19 Å². The Morgan fingerprint density at radius 2 is 1.69 bits per heavy atom. The van der Waals surface area contributed by atoms with Crippen molar-refractivity contribution in [3.8, 4) is 0 Å². The number of hydrogen-bond acceptors (Lipinski definition) is 3. The highest BCUT2D eigenvalue weighted by Crippen LogP contribution is 2.43. The van der Waals surface area contributed by atoms with E-state index < -0.39 is 16.4 Å². The van der Waals surface area contributed by atoms with Crippen LogP contribution in [0.5, 0.6) is 0 Å². The first-order valence-electron chi connectivity index (χ1n) is 9.76. The summed E-state index contributed by atoms with van der Waals surface area (Å²) in [6.45, 7) is 15.9. The molecule has 0 aromatic heterocycles. The van der Waals surface area contributed by atoms with Crippen molar-refractivity contribution in [2.24, 2.45) is 11.8 Å². The quantitative estimate of drug-likeness (QED) is 0.738. The van der Waals surface area contributed by atoms with Crippen LogP contribution in [0.25, 0.3) is 0 Å². The molecule has 0 amide bonds. The van der Waals surface area contributed by atoms with E-state index in [2.05, 4.69) is 71.2 Å². The van der Waals surface area contributed by atoms with E-state index in [4.69, 9.17) is 4.43 Å². The van der Waals surface area contributed by atoms with Crippen molar-refractivity contribution in [1.82, 2.24) is 0 Å². The average Bonchev–Trinajstić information content (AvgIpc) is 2.80. The van der Waals surface area contributed by atoms with Crippen molar-refractivity contribution < 1.29 is 14.3 Å². The zero-order valence-corrected chi connectivity index (χ0v) is 19.5. The molecule has 0 heterocycles. The molecule has 3 atom stereocenters. The summed E-state index contributed by atoms with van der Waals surface area (Å²) in [6.07, 6.45) is 0.415. The van der Waals surface area contributed by atoms with E-state index in [1.807, 2.05) is 6.07 Å². The van der Waals surface area contributed by atoms with Crippen LogP contribution < -0.4 is 5.19 Å². The van der Waals surface area contributed by atoms with Gasteiger partial charge < -0.3 is 9.53 Å². The smallest absolute Gasteiger partial charge is 0.192 e. The molecule has 1 aromatic rings. The standard InChI is InChI=1S/C21H36O3Si2/c1-21(2,3)26(6,7)24-20-13-19(23)17(14-22)18(20)15-25(4,5)16-11-9-8-10-12-16/h8-12,17-18,20,22H,13-15H2,1-7H3/t17?,18-,20?/m0/s1. The summed E-state index contributed by atoms with van der Waals surface area (Å²) in [5.41, 5.74) is 0. The lowest BCUT2D eigenvalue weighted by molar-refractivity contribution is -0.122. The van der Waals surface area contributed by atoms with Gasteiger partial charge in [0.05, 0.1) is 20.8 Å². The number of carbonyl (C=O) groups excluding carboxylic acids is 1. The number of benzene rings is 1. The summed E-state index contributed by atoms with van der Waals surface area (Å²) in [7, 11) is -3.68. The molecule has 5 heteroatoms.